The fourth-order valence-electron chi connectivity index (χ4n) is 2.68. The first-order chi connectivity index (χ1) is 9.27. The Labute approximate surface area is 149 Å². The van der Waals surface area contributed by atoms with Gasteiger partial charge in [0, 0.05) is 52.0 Å². The van der Waals surface area contributed by atoms with Crippen LogP contribution in [-0.2, 0) is 32.7 Å². The predicted octanol–water partition coefficient (Wildman–Crippen LogP) is 4.57. The molecule has 0 N–H and O–H groups in total. The Morgan fingerprint density at radius 2 is 1.95 bits per heavy atom. The van der Waals surface area contributed by atoms with Gasteiger partial charge >= 0.3 is 0 Å². The third-order valence-electron chi connectivity index (χ3n) is 3.93. The third-order valence-corrected chi connectivity index (χ3v) is 3.93. The molecule has 1 nitrogen and oxygen atoms in total. The summed E-state index contributed by atoms with van der Waals surface area (Å²) in [6.45, 7) is 3.43. The van der Waals surface area contributed by atoms with E-state index in [1.54, 1.807) is 5.57 Å². The zero-order valence-corrected chi connectivity index (χ0v) is 15.6. The predicted molar refractivity (Wildman–Crippen MR) is 82.6 cm³/mol. The van der Waals surface area contributed by atoms with Gasteiger partial charge in [0.15, 0.2) is 0 Å². The van der Waals surface area contributed by atoms with Gasteiger partial charge in [-0.25, -0.2) is 0 Å². The van der Waals surface area contributed by atoms with E-state index in [2.05, 4.69) is 49.3 Å². The maximum atomic E-state index is 3.18. The summed E-state index contributed by atoms with van der Waals surface area (Å²) in [7, 11) is 2.16. The molecule has 0 atom stereocenters. The second kappa shape index (κ2) is 9.52. The van der Waals surface area contributed by atoms with E-state index in [9.17, 15) is 0 Å². The summed E-state index contributed by atoms with van der Waals surface area (Å²) in [5, 5.41) is 0. The summed E-state index contributed by atoms with van der Waals surface area (Å²) in [5.74, 6) is 0. The topological polar surface area (TPSA) is 3.24 Å². The Morgan fingerprint density at radius 3 is 2.60 bits per heavy atom. The van der Waals surface area contributed by atoms with Crippen LogP contribution in [0.15, 0.2) is 53.3 Å². The van der Waals surface area contributed by atoms with Crippen molar-refractivity contribution in [3.05, 3.63) is 59.4 Å². The standard InChI is InChI=1S/C18H24N.Y/c1-16-10-8-12-17(16)11-6-4-3-5-7-13-18-14-9-15-19(18)2;/h4-7,11,13H,8-10,12,14-15H2,1-2H3;/q-1;/b7-5+,11-6+,18-13+;. The quantitative estimate of drug-likeness (QED) is 0.534. The summed E-state index contributed by atoms with van der Waals surface area (Å²) in [6, 6.07) is 0. The van der Waals surface area contributed by atoms with Crippen molar-refractivity contribution in [2.45, 2.75) is 39.0 Å². The van der Waals surface area contributed by atoms with Crippen molar-refractivity contribution < 1.29 is 32.7 Å². The molecular formula is C18H24NY-. The molecule has 0 aromatic carbocycles. The normalized spacial score (nSPS) is 22.1. The molecule has 1 saturated heterocycles. The Balaban J connectivity index is 0.00000200. The fraction of sp³-hybridized carbons (Fsp3) is 0.444. The van der Waals surface area contributed by atoms with Crippen molar-refractivity contribution in [2.24, 2.45) is 0 Å². The average molecular weight is 343 g/mol. The van der Waals surface area contributed by atoms with E-state index in [1.165, 1.54) is 49.9 Å². The SMILES string of the molecule is CC1=C(/C=C/C=[C-]/C=C/C=C2\CCCN2C)CCC1.[Y]. The van der Waals surface area contributed by atoms with E-state index in [0.717, 1.165) is 0 Å². The smallest absolute Gasteiger partial charge is 0.0175 e. The number of hydrogen-bond donors (Lipinski definition) is 0. The number of rotatable bonds is 4. The molecule has 0 spiro atoms. The van der Waals surface area contributed by atoms with Crippen molar-refractivity contribution in [3.8, 4) is 0 Å². The van der Waals surface area contributed by atoms with Gasteiger partial charge in [0.25, 0.3) is 0 Å². The van der Waals surface area contributed by atoms with Crippen molar-refractivity contribution in [3.63, 3.8) is 0 Å². The van der Waals surface area contributed by atoms with Gasteiger partial charge in [0.1, 0.15) is 0 Å². The molecule has 2 rings (SSSR count). The van der Waals surface area contributed by atoms with Gasteiger partial charge < -0.3 is 4.90 Å². The summed E-state index contributed by atoms with van der Waals surface area (Å²) < 4.78 is 0. The first-order valence-corrected chi connectivity index (χ1v) is 7.29. The van der Waals surface area contributed by atoms with Gasteiger partial charge in [0.2, 0.25) is 0 Å². The molecule has 0 aromatic rings. The largest absolute Gasteiger partial charge is 0.379 e. The van der Waals surface area contributed by atoms with Crippen LogP contribution in [0.3, 0.4) is 0 Å². The van der Waals surface area contributed by atoms with Crippen LogP contribution < -0.4 is 0 Å². The van der Waals surface area contributed by atoms with Crippen LogP contribution in [0.4, 0.5) is 0 Å². The summed E-state index contributed by atoms with van der Waals surface area (Å²) >= 11 is 0. The number of likely N-dealkylation sites (tertiary alicyclic amines) is 1. The summed E-state index contributed by atoms with van der Waals surface area (Å²) in [6.07, 6.45) is 22.1. The molecule has 1 fully saturated rings. The van der Waals surface area contributed by atoms with E-state index < -0.39 is 0 Å². The molecule has 1 radical (unpaired) electrons. The van der Waals surface area contributed by atoms with Crippen molar-refractivity contribution in [1.29, 1.82) is 0 Å². The Morgan fingerprint density at radius 1 is 1.10 bits per heavy atom. The molecule has 0 aromatic heterocycles. The van der Waals surface area contributed by atoms with Gasteiger partial charge in [-0.1, -0.05) is 17.2 Å². The van der Waals surface area contributed by atoms with Gasteiger partial charge in [-0.15, -0.1) is 6.08 Å². The van der Waals surface area contributed by atoms with E-state index in [4.69, 9.17) is 0 Å². The Bertz CT molecular complexity index is 452. The molecule has 1 aliphatic carbocycles. The van der Waals surface area contributed by atoms with Gasteiger partial charge in [-0.05, 0) is 39.0 Å². The molecule has 0 unspecified atom stereocenters. The molecule has 0 bridgehead atoms. The first kappa shape index (κ1) is 17.7. The molecule has 20 heavy (non-hydrogen) atoms. The monoisotopic (exact) mass is 343 g/mol. The molecule has 2 aliphatic rings. The maximum absolute atomic E-state index is 3.18. The van der Waals surface area contributed by atoms with Crippen molar-refractivity contribution in [1.82, 2.24) is 4.90 Å². The van der Waals surface area contributed by atoms with E-state index in [0.29, 0.717) is 0 Å². The van der Waals surface area contributed by atoms with Gasteiger partial charge in [-0.2, -0.15) is 30.4 Å². The molecule has 2 heteroatoms. The molecule has 1 aliphatic heterocycles. The van der Waals surface area contributed by atoms with Crippen LogP contribution in [0.5, 0.6) is 0 Å². The van der Waals surface area contributed by atoms with Crippen LogP contribution in [-0.4, -0.2) is 18.5 Å². The number of nitrogens with zero attached hydrogens (tertiary/aromatic N) is 1. The molecule has 0 amide bonds. The minimum Gasteiger partial charge on any atom is -0.379 e. The second-order valence-electron chi connectivity index (χ2n) is 5.39. The van der Waals surface area contributed by atoms with Gasteiger partial charge in [0.05, 0.1) is 0 Å². The Kier molecular flexibility index (Phi) is 8.41. The van der Waals surface area contributed by atoms with Crippen molar-refractivity contribution in [2.75, 3.05) is 13.6 Å². The minimum atomic E-state index is 0. The number of allylic oxidation sites excluding steroid dienone is 10. The van der Waals surface area contributed by atoms with Crippen molar-refractivity contribution >= 4 is 0 Å². The zero-order chi connectivity index (χ0) is 13.5. The van der Waals surface area contributed by atoms with Crippen LogP contribution in [0.25, 0.3) is 0 Å². The van der Waals surface area contributed by atoms with Crippen LogP contribution in [0, 0.1) is 6.08 Å². The zero-order valence-electron chi connectivity index (χ0n) is 12.7. The number of hydrogen-bond acceptors (Lipinski definition) is 1. The third kappa shape index (κ3) is 5.54. The van der Waals surface area contributed by atoms with Gasteiger partial charge in [-0.3, -0.25) is 0 Å². The van der Waals surface area contributed by atoms with E-state index in [1.807, 2.05) is 12.2 Å². The van der Waals surface area contributed by atoms with Crippen LogP contribution >= 0.6 is 0 Å². The molecule has 105 valence electrons. The summed E-state index contributed by atoms with van der Waals surface area (Å²) in [4.78, 5) is 2.32. The van der Waals surface area contributed by atoms with Crippen LogP contribution in [0.2, 0.25) is 0 Å². The molecule has 0 saturated carbocycles. The second-order valence-corrected chi connectivity index (χ2v) is 5.39. The minimum absolute atomic E-state index is 0. The fourth-order valence-corrected chi connectivity index (χ4v) is 2.68. The molecule has 1 heterocycles. The Hall–Kier alpha value is -0.396. The first-order valence-electron chi connectivity index (χ1n) is 7.29. The average Bonchev–Trinajstić information content (AvgIpc) is 2.98. The summed E-state index contributed by atoms with van der Waals surface area (Å²) in [5.41, 5.74) is 4.49. The maximum Gasteiger partial charge on any atom is 0.0175 e. The van der Waals surface area contributed by atoms with Crippen LogP contribution in [0.1, 0.15) is 39.0 Å². The van der Waals surface area contributed by atoms with E-state index >= 15 is 0 Å². The molecular weight excluding hydrogens is 319 g/mol. The van der Waals surface area contributed by atoms with E-state index in [-0.39, 0.29) is 32.7 Å².